The molecule has 0 aromatic rings. The number of ether oxygens (including phenoxy) is 1. The van der Waals surface area contributed by atoms with Crippen LogP contribution in [0.1, 0.15) is 12.8 Å². The zero-order valence-corrected chi connectivity index (χ0v) is 9.63. The van der Waals surface area contributed by atoms with E-state index in [9.17, 15) is 18.1 Å². The Labute approximate surface area is 93.1 Å². The maximum atomic E-state index is 10.4. The normalized spacial score (nSPS) is 22.8. The second-order valence-corrected chi connectivity index (χ2v) is 4.18. The summed E-state index contributed by atoms with van der Waals surface area (Å²) < 4.78 is 36.1. The topological polar surface area (TPSA) is 86.7 Å². The molecule has 1 rings (SSSR count). The van der Waals surface area contributed by atoms with Crippen LogP contribution in [-0.2, 0) is 14.9 Å². The van der Waals surface area contributed by atoms with Gasteiger partial charge in [-0.05, 0) is 0 Å². The van der Waals surface area contributed by atoms with Gasteiger partial charge in [0.1, 0.15) is 10.1 Å². The molecule has 1 aliphatic heterocycles. The monoisotopic (exact) mass is 204 g/mol. The average Bonchev–Trinajstić information content (AvgIpc) is 1.87. The van der Waals surface area contributed by atoms with Gasteiger partial charge in [0.25, 0.3) is 0 Å². The van der Waals surface area contributed by atoms with Crippen molar-refractivity contribution in [2.24, 2.45) is 0 Å². The third-order valence-corrected chi connectivity index (χ3v) is 3.08. The smallest absolute Gasteiger partial charge is 0.746 e. The quantitative estimate of drug-likeness (QED) is 0.348. The van der Waals surface area contributed by atoms with Gasteiger partial charge in [-0.25, -0.2) is 8.42 Å². The van der Waals surface area contributed by atoms with Crippen molar-refractivity contribution in [1.29, 1.82) is 0 Å². The van der Waals surface area contributed by atoms with Crippen LogP contribution in [0, 0.1) is 0 Å². The third kappa shape index (κ3) is 2.66. The number of rotatable bonds is 1. The zero-order valence-electron chi connectivity index (χ0n) is 6.82. The van der Waals surface area contributed by atoms with Gasteiger partial charge in [-0.2, -0.15) is 0 Å². The summed E-state index contributed by atoms with van der Waals surface area (Å²) in [6.07, 6.45) is -0.252. The van der Waals surface area contributed by atoms with Gasteiger partial charge < -0.3 is 14.4 Å². The molecular formula is C5H9NaO5S. The fourth-order valence-corrected chi connectivity index (χ4v) is 1.61. The Balaban J connectivity index is 0.00000121. The summed E-state index contributed by atoms with van der Waals surface area (Å²) in [4.78, 5) is -2.09. The molecule has 5 nitrogen and oxygen atoms in total. The first-order valence-corrected chi connectivity index (χ1v) is 4.62. The van der Waals surface area contributed by atoms with Crippen molar-refractivity contribution in [3.8, 4) is 0 Å². The SMILES string of the molecule is O=S(=O)([O-])C1(O)CCOCC1.[Na+]. The van der Waals surface area contributed by atoms with Crippen LogP contribution >= 0.6 is 0 Å². The Hall–Kier alpha value is 0.830. The van der Waals surface area contributed by atoms with E-state index in [2.05, 4.69) is 0 Å². The molecule has 0 atom stereocenters. The van der Waals surface area contributed by atoms with E-state index in [4.69, 9.17) is 4.74 Å². The Morgan fingerprint density at radius 3 is 2.00 bits per heavy atom. The summed E-state index contributed by atoms with van der Waals surface area (Å²) >= 11 is 0. The van der Waals surface area contributed by atoms with Gasteiger partial charge >= 0.3 is 29.6 Å². The second-order valence-electron chi connectivity index (χ2n) is 2.51. The molecule has 1 N–H and O–H groups in total. The van der Waals surface area contributed by atoms with Crippen LogP contribution in [-0.4, -0.2) is 36.2 Å². The van der Waals surface area contributed by atoms with Crippen molar-refractivity contribution in [1.82, 2.24) is 0 Å². The van der Waals surface area contributed by atoms with Crippen LogP contribution in [0.4, 0.5) is 0 Å². The molecule has 1 saturated heterocycles. The molecule has 0 radical (unpaired) electrons. The van der Waals surface area contributed by atoms with E-state index in [0.29, 0.717) is 0 Å². The number of aliphatic hydroxyl groups is 1. The summed E-state index contributed by atoms with van der Waals surface area (Å²) in [6, 6.07) is 0. The van der Waals surface area contributed by atoms with Crippen molar-refractivity contribution < 1.29 is 52.4 Å². The van der Waals surface area contributed by atoms with Gasteiger partial charge in [-0.15, -0.1) is 0 Å². The summed E-state index contributed by atoms with van der Waals surface area (Å²) in [6.45, 7) is 0.246. The fraction of sp³-hybridized carbons (Fsp3) is 1.00. The van der Waals surface area contributed by atoms with Crippen molar-refractivity contribution in [3.63, 3.8) is 0 Å². The van der Waals surface area contributed by atoms with Gasteiger partial charge in [0.15, 0.2) is 4.93 Å². The van der Waals surface area contributed by atoms with Crippen LogP contribution < -0.4 is 29.6 Å². The molecule has 0 spiro atoms. The largest absolute Gasteiger partial charge is 1.00 e. The molecule has 7 heteroatoms. The predicted octanol–water partition coefficient (Wildman–Crippen LogP) is -3.97. The van der Waals surface area contributed by atoms with Crippen molar-refractivity contribution in [2.75, 3.05) is 13.2 Å². The second kappa shape index (κ2) is 4.36. The number of hydrogen-bond donors (Lipinski definition) is 1. The van der Waals surface area contributed by atoms with E-state index in [-0.39, 0.29) is 55.6 Å². The minimum atomic E-state index is -4.60. The van der Waals surface area contributed by atoms with Crippen molar-refractivity contribution >= 4 is 10.1 Å². The molecule has 66 valence electrons. The first-order chi connectivity index (χ1) is 4.96. The van der Waals surface area contributed by atoms with E-state index >= 15 is 0 Å². The summed E-state index contributed by atoms with van der Waals surface area (Å²) in [7, 11) is -4.60. The van der Waals surface area contributed by atoms with Crippen LogP contribution in [0.25, 0.3) is 0 Å². The molecule has 1 heterocycles. The first kappa shape index (κ1) is 12.8. The Morgan fingerprint density at radius 2 is 1.75 bits per heavy atom. The molecule has 0 aliphatic carbocycles. The minimum Gasteiger partial charge on any atom is -0.746 e. The molecule has 0 unspecified atom stereocenters. The zero-order chi connectivity index (χ0) is 8.54. The molecular weight excluding hydrogens is 195 g/mol. The molecule has 1 aliphatic rings. The molecule has 12 heavy (non-hydrogen) atoms. The molecule has 1 fully saturated rings. The van der Waals surface area contributed by atoms with Gasteiger partial charge in [-0.3, -0.25) is 0 Å². The standard InChI is InChI=1S/C5H10O5S.Na/c6-5(11(7,8)9)1-3-10-4-2-5;/h6H,1-4H2,(H,7,8,9);/q;+1/p-1. The van der Waals surface area contributed by atoms with Crippen LogP contribution in [0.5, 0.6) is 0 Å². The Morgan fingerprint density at radius 1 is 1.33 bits per heavy atom. The van der Waals surface area contributed by atoms with Crippen molar-refractivity contribution in [3.05, 3.63) is 0 Å². The van der Waals surface area contributed by atoms with Gasteiger partial charge in [0, 0.05) is 12.8 Å². The fourth-order valence-electron chi connectivity index (χ4n) is 0.940. The summed E-state index contributed by atoms with van der Waals surface area (Å²) in [5.74, 6) is 0. The molecule has 0 bridgehead atoms. The third-order valence-electron chi connectivity index (χ3n) is 1.74. The first-order valence-electron chi connectivity index (χ1n) is 3.21. The van der Waals surface area contributed by atoms with Gasteiger partial charge in [0.05, 0.1) is 13.2 Å². The maximum absolute atomic E-state index is 10.4. The maximum Gasteiger partial charge on any atom is 1.00 e. The Bertz CT molecular complexity index is 230. The summed E-state index contributed by atoms with van der Waals surface area (Å²) in [5.41, 5.74) is 0. The van der Waals surface area contributed by atoms with Crippen molar-refractivity contribution in [2.45, 2.75) is 17.8 Å². The average molecular weight is 204 g/mol. The molecule has 0 aromatic carbocycles. The van der Waals surface area contributed by atoms with Crippen LogP contribution in [0.15, 0.2) is 0 Å². The van der Waals surface area contributed by atoms with Gasteiger partial charge in [-0.1, -0.05) is 0 Å². The van der Waals surface area contributed by atoms with Crippen LogP contribution in [0.2, 0.25) is 0 Å². The predicted molar refractivity (Wildman–Crippen MR) is 34.7 cm³/mol. The van der Waals surface area contributed by atoms with E-state index in [1.807, 2.05) is 0 Å². The van der Waals surface area contributed by atoms with E-state index in [1.54, 1.807) is 0 Å². The summed E-state index contributed by atoms with van der Waals surface area (Å²) in [5, 5.41) is 9.23. The van der Waals surface area contributed by atoms with E-state index < -0.39 is 15.1 Å². The molecule has 0 aromatic heterocycles. The van der Waals surface area contributed by atoms with Crippen LogP contribution in [0.3, 0.4) is 0 Å². The Kier molecular flexibility index (Phi) is 4.67. The molecule has 0 amide bonds. The van der Waals surface area contributed by atoms with Gasteiger partial charge in [0.2, 0.25) is 0 Å². The van der Waals surface area contributed by atoms with E-state index in [1.165, 1.54) is 0 Å². The minimum absolute atomic E-state index is 0. The van der Waals surface area contributed by atoms with E-state index in [0.717, 1.165) is 0 Å². The molecule has 0 saturated carbocycles. The number of hydrogen-bond acceptors (Lipinski definition) is 5.